The molecule has 0 fully saturated rings. The van der Waals surface area contributed by atoms with Crippen molar-refractivity contribution >= 4 is 12.2 Å². The van der Waals surface area contributed by atoms with E-state index in [0.717, 1.165) is 28.0 Å². The molecule has 0 unspecified atom stereocenters. The maximum absolute atomic E-state index is 10.4. The van der Waals surface area contributed by atoms with Crippen LogP contribution in [0.5, 0.6) is 5.75 Å². The van der Waals surface area contributed by atoms with Crippen LogP contribution >= 0.6 is 0 Å². The third-order valence-electron chi connectivity index (χ3n) is 4.07. The van der Waals surface area contributed by atoms with Crippen LogP contribution in [-0.2, 0) is 16.2 Å². The summed E-state index contributed by atoms with van der Waals surface area (Å²) in [5.74, 6) is -0.247. The second kappa shape index (κ2) is 9.37. The van der Waals surface area contributed by atoms with Gasteiger partial charge in [0.1, 0.15) is 12.4 Å². The van der Waals surface area contributed by atoms with Crippen LogP contribution in [0.2, 0.25) is 0 Å². The molecule has 3 aromatic carbocycles. The number of oxime groups is 1. The number of aliphatic carboxylic acids is 1. The van der Waals surface area contributed by atoms with Gasteiger partial charge in [0.15, 0.2) is 0 Å². The van der Waals surface area contributed by atoms with Gasteiger partial charge in [0, 0.05) is 0 Å². The summed E-state index contributed by atoms with van der Waals surface area (Å²) < 4.78 is 5.92. The van der Waals surface area contributed by atoms with Crippen molar-refractivity contribution in [2.24, 2.45) is 5.16 Å². The van der Waals surface area contributed by atoms with Gasteiger partial charge in [-0.25, -0.2) is 4.79 Å². The van der Waals surface area contributed by atoms with Gasteiger partial charge in [-0.15, -0.1) is 0 Å². The van der Waals surface area contributed by atoms with Crippen molar-refractivity contribution in [3.8, 4) is 16.9 Å². The summed E-state index contributed by atoms with van der Waals surface area (Å²) >= 11 is 0. The topological polar surface area (TPSA) is 68.1 Å². The van der Waals surface area contributed by atoms with E-state index in [1.165, 1.54) is 11.8 Å². The molecule has 28 heavy (non-hydrogen) atoms. The van der Waals surface area contributed by atoms with Crippen molar-refractivity contribution in [1.29, 1.82) is 0 Å². The van der Waals surface area contributed by atoms with E-state index < -0.39 is 12.6 Å². The zero-order chi connectivity index (χ0) is 19.8. The molecular formula is C23H21NO4. The number of carbonyl (C=O) groups is 1. The number of aryl methyl sites for hydroxylation is 1. The second-order valence-corrected chi connectivity index (χ2v) is 6.33. The molecule has 0 aliphatic rings. The van der Waals surface area contributed by atoms with Crippen LogP contribution < -0.4 is 4.74 Å². The monoisotopic (exact) mass is 375 g/mol. The molecule has 0 spiro atoms. The highest BCUT2D eigenvalue weighted by Gasteiger charge is 2.02. The molecule has 0 amide bonds. The molecule has 3 rings (SSSR count). The first-order chi connectivity index (χ1) is 13.6. The average molecular weight is 375 g/mol. The van der Waals surface area contributed by atoms with Gasteiger partial charge in [0.2, 0.25) is 6.61 Å². The predicted molar refractivity (Wildman–Crippen MR) is 109 cm³/mol. The van der Waals surface area contributed by atoms with E-state index in [-0.39, 0.29) is 0 Å². The minimum atomic E-state index is -1.06. The lowest BCUT2D eigenvalue weighted by Crippen LogP contribution is -2.03. The Bertz CT molecular complexity index is 947. The number of hydrogen-bond donors (Lipinski definition) is 1. The zero-order valence-corrected chi connectivity index (χ0v) is 15.5. The van der Waals surface area contributed by atoms with Gasteiger partial charge in [-0.1, -0.05) is 71.4 Å². The fraction of sp³-hybridized carbons (Fsp3) is 0.130. The van der Waals surface area contributed by atoms with E-state index in [1.54, 1.807) is 0 Å². The molecule has 0 aromatic heterocycles. The minimum absolute atomic E-state index is 0.454. The fourth-order valence-electron chi connectivity index (χ4n) is 2.57. The smallest absolute Gasteiger partial charge is 0.344 e. The molecule has 3 aromatic rings. The Kier molecular flexibility index (Phi) is 6.41. The number of benzene rings is 3. The van der Waals surface area contributed by atoms with Crippen molar-refractivity contribution in [1.82, 2.24) is 0 Å². The van der Waals surface area contributed by atoms with Gasteiger partial charge in [-0.2, -0.15) is 0 Å². The van der Waals surface area contributed by atoms with Crippen LogP contribution in [0.3, 0.4) is 0 Å². The number of hydrogen-bond acceptors (Lipinski definition) is 4. The van der Waals surface area contributed by atoms with Gasteiger partial charge in [-0.05, 0) is 41.3 Å². The Hall–Kier alpha value is -3.60. The van der Waals surface area contributed by atoms with E-state index >= 15 is 0 Å². The van der Waals surface area contributed by atoms with E-state index in [1.807, 2.05) is 48.5 Å². The predicted octanol–water partition coefficient (Wildman–Crippen LogP) is 4.68. The number of rotatable bonds is 8. The summed E-state index contributed by atoms with van der Waals surface area (Å²) in [6.07, 6.45) is 1.48. The van der Waals surface area contributed by atoms with Gasteiger partial charge in [0.05, 0.1) is 6.21 Å². The number of carboxylic acid groups (broad SMARTS) is 1. The van der Waals surface area contributed by atoms with Crippen molar-refractivity contribution in [2.75, 3.05) is 6.61 Å². The Labute approximate surface area is 163 Å². The molecule has 0 bridgehead atoms. The maximum Gasteiger partial charge on any atom is 0.344 e. The Morgan fingerprint density at radius 3 is 2.46 bits per heavy atom. The Morgan fingerprint density at radius 2 is 1.75 bits per heavy atom. The summed E-state index contributed by atoms with van der Waals surface area (Å²) in [4.78, 5) is 15.0. The maximum atomic E-state index is 10.4. The Morgan fingerprint density at radius 1 is 1.00 bits per heavy atom. The normalized spacial score (nSPS) is 10.8. The molecule has 0 heterocycles. The van der Waals surface area contributed by atoms with Crippen molar-refractivity contribution in [3.63, 3.8) is 0 Å². The van der Waals surface area contributed by atoms with Crippen molar-refractivity contribution in [2.45, 2.75) is 13.5 Å². The molecule has 1 N–H and O–H groups in total. The summed E-state index contributed by atoms with van der Waals surface area (Å²) in [5, 5.41) is 12.1. The Balaban J connectivity index is 1.62. The zero-order valence-electron chi connectivity index (χ0n) is 15.5. The van der Waals surface area contributed by atoms with Crippen LogP contribution in [-0.4, -0.2) is 23.9 Å². The molecule has 142 valence electrons. The quantitative estimate of drug-likeness (QED) is 0.459. The summed E-state index contributed by atoms with van der Waals surface area (Å²) in [7, 11) is 0. The van der Waals surface area contributed by atoms with Gasteiger partial charge < -0.3 is 14.7 Å². The lowest BCUT2D eigenvalue weighted by Gasteiger charge is -2.09. The van der Waals surface area contributed by atoms with Crippen LogP contribution in [0.25, 0.3) is 11.1 Å². The van der Waals surface area contributed by atoms with Crippen molar-refractivity contribution in [3.05, 3.63) is 89.5 Å². The molecule has 0 atom stereocenters. The molecule has 0 saturated heterocycles. The standard InChI is InChI=1S/C23H21NO4/c1-17-5-7-19(8-6-17)15-27-22-4-2-3-21(13-22)20-11-9-18(10-12-20)14-24-28-16-23(25)26/h2-14H,15-16H2,1H3,(H,25,26). The van der Waals surface area contributed by atoms with Crippen LogP contribution in [0.1, 0.15) is 16.7 Å². The molecular weight excluding hydrogens is 354 g/mol. The first kappa shape index (κ1) is 19.2. The molecule has 0 saturated carbocycles. The van der Waals surface area contributed by atoms with Crippen LogP contribution in [0, 0.1) is 6.92 Å². The van der Waals surface area contributed by atoms with Gasteiger partial charge in [-0.3, -0.25) is 0 Å². The van der Waals surface area contributed by atoms with E-state index in [2.05, 4.69) is 41.2 Å². The van der Waals surface area contributed by atoms with Gasteiger partial charge >= 0.3 is 5.97 Å². The molecule has 0 aliphatic carbocycles. The summed E-state index contributed by atoms with van der Waals surface area (Å²) in [6.45, 7) is 2.13. The van der Waals surface area contributed by atoms with Crippen molar-refractivity contribution < 1.29 is 19.5 Å². The number of nitrogens with zero attached hydrogens (tertiary/aromatic N) is 1. The average Bonchev–Trinajstić information content (AvgIpc) is 2.71. The van der Waals surface area contributed by atoms with E-state index in [0.29, 0.717) is 6.61 Å². The lowest BCUT2D eigenvalue weighted by atomic mass is 10.0. The first-order valence-corrected chi connectivity index (χ1v) is 8.86. The SMILES string of the molecule is Cc1ccc(COc2cccc(-c3ccc(C=NOCC(=O)O)cc3)c2)cc1. The lowest BCUT2D eigenvalue weighted by molar-refractivity contribution is -0.142. The summed E-state index contributed by atoms with van der Waals surface area (Å²) in [6, 6.07) is 24.0. The second-order valence-electron chi connectivity index (χ2n) is 6.33. The largest absolute Gasteiger partial charge is 0.489 e. The van der Waals surface area contributed by atoms with Crippen LogP contribution in [0.15, 0.2) is 78.0 Å². The molecule has 5 heteroatoms. The summed E-state index contributed by atoms with van der Waals surface area (Å²) in [5.41, 5.74) is 5.27. The molecule has 5 nitrogen and oxygen atoms in total. The minimum Gasteiger partial charge on any atom is -0.489 e. The van der Waals surface area contributed by atoms with E-state index in [4.69, 9.17) is 9.84 Å². The van der Waals surface area contributed by atoms with Gasteiger partial charge in [0.25, 0.3) is 0 Å². The third kappa shape index (κ3) is 5.71. The highest BCUT2D eigenvalue weighted by atomic mass is 16.6. The molecule has 0 radical (unpaired) electrons. The highest BCUT2D eigenvalue weighted by molar-refractivity contribution is 5.80. The number of carboxylic acids is 1. The van der Waals surface area contributed by atoms with Crippen LogP contribution in [0.4, 0.5) is 0 Å². The van der Waals surface area contributed by atoms with E-state index in [9.17, 15) is 4.79 Å². The fourth-order valence-corrected chi connectivity index (χ4v) is 2.57. The number of ether oxygens (including phenoxy) is 1. The highest BCUT2D eigenvalue weighted by Crippen LogP contribution is 2.24. The molecule has 0 aliphatic heterocycles. The first-order valence-electron chi connectivity index (χ1n) is 8.86. The third-order valence-corrected chi connectivity index (χ3v) is 4.07.